The number of aromatic nitrogens is 2. The molecule has 0 aliphatic carbocycles. The monoisotopic (exact) mass is 360 g/mol. The average molecular weight is 361 g/mol. The molecule has 1 heterocycles. The number of nitrogens with zero attached hydrogens (tertiary/aromatic N) is 2. The van der Waals surface area contributed by atoms with Crippen LogP contribution in [0.2, 0.25) is 0 Å². The van der Waals surface area contributed by atoms with Crippen molar-refractivity contribution in [2.24, 2.45) is 0 Å². The van der Waals surface area contributed by atoms with E-state index in [0.29, 0.717) is 0 Å². The minimum Gasteiger partial charge on any atom is -0.228 e. The maximum Gasteiger partial charge on any atom is 0.161 e. The molecule has 0 aliphatic heterocycles. The lowest BCUT2D eigenvalue weighted by atomic mass is 10.0. The second-order valence-corrected chi connectivity index (χ2v) is 6.05. The maximum atomic E-state index is 4.67. The lowest BCUT2D eigenvalue weighted by Gasteiger charge is -2.06. The standard InChI is InChI=1S/C20H13BrN2/c21-19-17-8-4-5-9-18(17)22-20(23-19)16-12-10-15(11-13-16)14-6-2-1-3-7-14/h1-13H. The Labute approximate surface area is 143 Å². The van der Waals surface area contributed by atoms with Gasteiger partial charge in [0.2, 0.25) is 0 Å². The smallest absolute Gasteiger partial charge is 0.161 e. The topological polar surface area (TPSA) is 25.8 Å². The van der Waals surface area contributed by atoms with Crippen LogP contribution in [0.1, 0.15) is 0 Å². The van der Waals surface area contributed by atoms with Crippen LogP contribution >= 0.6 is 15.9 Å². The highest BCUT2D eigenvalue weighted by Crippen LogP contribution is 2.27. The van der Waals surface area contributed by atoms with Crippen LogP contribution < -0.4 is 0 Å². The first-order valence-electron chi connectivity index (χ1n) is 7.39. The molecule has 0 spiro atoms. The van der Waals surface area contributed by atoms with Gasteiger partial charge in [0, 0.05) is 10.9 Å². The SMILES string of the molecule is Brc1nc(-c2ccc(-c3ccccc3)cc2)nc2ccccc12. The molecule has 4 rings (SSSR count). The van der Waals surface area contributed by atoms with Crippen LogP contribution in [0.15, 0.2) is 83.5 Å². The molecule has 1 aromatic heterocycles. The summed E-state index contributed by atoms with van der Waals surface area (Å²) in [5.41, 5.74) is 4.35. The molecule has 3 aromatic carbocycles. The summed E-state index contributed by atoms with van der Waals surface area (Å²) in [4.78, 5) is 9.25. The van der Waals surface area contributed by atoms with E-state index in [1.807, 2.05) is 42.5 Å². The number of rotatable bonds is 2. The van der Waals surface area contributed by atoms with E-state index in [1.54, 1.807) is 0 Å². The maximum absolute atomic E-state index is 4.67. The minimum atomic E-state index is 0.732. The van der Waals surface area contributed by atoms with Gasteiger partial charge < -0.3 is 0 Å². The normalized spacial score (nSPS) is 10.8. The van der Waals surface area contributed by atoms with Crippen molar-refractivity contribution in [1.82, 2.24) is 9.97 Å². The predicted molar refractivity (Wildman–Crippen MR) is 98.1 cm³/mol. The summed E-state index contributed by atoms with van der Waals surface area (Å²) in [5, 5.41) is 1.03. The van der Waals surface area contributed by atoms with E-state index in [-0.39, 0.29) is 0 Å². The van der Waals surface area contributed by atoms with Gasteiger partial charge in [0.05, 0.1) is 5.52 Å². The fourth-order valence-corrected chi connectivity index (χ4v) is 3.11. The van der Waals surface area contributed by atoms with E-state index in [0.717, 1.165) is 26.9 Å². The highest BCUT2D eigenvalue weighted by Gasteiger charge is 2.07. The van der Waals surface area contributed by atoms with Gasteiger partial charge in [0.1, 0.15) is 4.60 Å². The Hall–Kier alpha value is -2.52. The highest BCUT2D eigenvalue weighted by molar-refractivity contribution is 9.10. The minimum absolute atomic E-state index is 0.732. The molecule has 0 saturated carbocycles. The summed E-state index contributed by atoms with van der Waals surface area (Å²) in [6.45, 7) is 0. The fraction of sp³-hybridized carbons (Fsp3) is 0. The van der Waals surface area contributed by atoms with Crippen molar-refractivity contribution in [3.63, 3.8) is 0 Å². The van der Waals surface area contributed by atoms with Gasteiger partial charge in [0.15, 0.2) is 5.82 Å². The second kappa shape index (κ2) is 5.94. The number of fused-ring (bicyclic) bond motifs is 1. The van der Waals surface area contributed by atoms with Crippen LogP contribution in [-0.2, 0) is 0 Å². The molecule has 4 aromatic rings. The zero-order valence-electron chi connectivity index (χ0n) is 12.3. The van der Waals surface area contributed by atoms with Crippen LogP contribution in [0, 0.1) is 0 Å². The van der Waals surface area contributed by atoms with Crippen molar-refractivity contribution in [2.75, 3.05) is 0 Å². The van der Waals surface area contributed by atoms with Crippen LogP contribution in [0.5, 0.6) is 0 Å². The van der Waals surface area contributed by atoms with Crippen molar-refractivity contribution in [3.8, 4) is 22.5 Å². The summed E-state index contributed by atoms with van der Waals surface area (Å²) in [5.74, 6) is 0.732. The first kappa shape index (κ1) is 14.1. The molecule has 110 valence electrons. The molecule has 0 bridgehead atoms. The van der Waals surface area contributed by atoms with E-state index in [2.05, 4.69) is 62.3 Å². The Morgan fingerprint density at radius 3 is 1.96 bits per heavy atom. The van der Waals surface area contributed by atoms with E-state index in [9.17, 15) is 0 Å². The number of hydrogen-bond donors (Lipinski definition) is 0. The van der Waals surface area contributed by atoms with E-state index in [4.69, 9.17) is 0 Å². The van der Waals surface area contributed by atoms with Gasteiger partial charge >= 0.3 is 0 Å². The number of hydrogen-bond acceptors (Lipinski definition) is 2. The Morgan fingerprint density at radius 2 is 1.17 bits per heavy atom. The van der Waals surface area contributed by atoms with Gasteiger partial charge in [-0.3, -0.25) is 0 Å². The first-order valence-corrected chi connectivity index (χ1v) is 8.19. The third-order valence-corrected chi connectivity index (χ3v) is 4.41. The zero-order chi connectivity index (χ0) is 15.6. The third-order valence-electron chi connectivity index (χ3n) is 3.81. The van der Waals surface area contributed by atoms with Gasteiger partial charge in [-0.2, -0.15) is 0 Å². The highest BCUT2D eigenvalue weighted by atomic mass is 79.9. The number of para-hydroxylation sites is 1. The molecule has 0 radical (unpaired) electrons. The van der Waals surface area contributed by atoms with Crippen molar-refractivity contribution in [3.05, 3.63) is 83.5 Å². The molecule has 0 amide bonds. The molecular weight excluding hydrogens is 348 g/mol. The van der Waals surface area contributed by atoms with Crippen LogP contribution in [0.25, 0.3) is 33.4 Å². The van der Waals surface area contributed by atoms with Gasteiger partial charge in [-0.05, 0) is 33.1 Å². The fourth-order valence-electron chi connectivity index (χ4n) is 2.61. The predicted octanol–water partition coefficient (Wildman–Crippen LogP) is 5.73. The molecule has 0 aliphatic rings. The van der Waals surface area contributed by atoms with Crippen molar-refractivity contribution in [1.29, 1.82) is 0 Å². The zero-order valence-corrected chi connectivity index (χ0v) is 13.9. The molecule has 0 fully saturated rings. The van der Waals surface area contributed by atoms with E-state index in [1.165, 1.54) is 11.1 Å². The lowest BCUT2D eigenvalue weighted by Crippen LogP contribution is -1.92. The Morgan fingerprint density at radius 1 is 0.565 bits per heavy atom. The summed E-state index contributed by atoms with van der Waals surface area (Å²) in [6.07, 6.45) is 0. The summed E-state index contributed by atoms with van der Waals surface area (Å²) in [7, 11) is 0. The Bertz CT molecular complexity index is 964. The summed E-state index contributed by atoms with van der Waals surface area (Å²) in [6, 6.07) is 26.7. The summed E-state index contributed by atoms with van der Waals surface area (Å²) >= 11 is 3.55. The van der Waals surface area contributed by atoms with E-state index < -0.39 is 0 Å². The average Bonchev–Trinajstić information content (AvgIpc) is 2.63. The lowest BCUT2D eigenvalue weighted by molar-refractivity contribution is 1.20. The largest absolute Gasteiger partial charge is 0.228 e. The number of halogens is 1. The molecule has 0 unspecified atom stereocenters. The molecule has 0 atom stereocenters. The van der Waals surface area contributed by atoms with Crippen LogP contribution in [-0.4, -0.2) is 9.97 Å². The van der Waals surface area contributed by atoms with Gasteiger partial charge in [0.25, 0.3) is 0 Å². The first-order chi connectivity index (χ1) is 11.3. The molecule has 0 saturated heterocycles. The molecule has 3 heteroatoms. The molecule has 2 nitrogen and oxygen atoms in total. The molecule has 0 N–H and O–H groups in total. The number of benzene rings is 3. The Kier molecular flexibility index (Phi) is 3.64. The van der Waals surface area contributed by atoms with Gasteiger partial charge in [-0.25, -0.2) is 9.97 Å². The van der Waals surface area contributed by atoms with Crippen molar-refractivity contribution in [2.45, 2.75) is 0 Å². The summed E-state index contributed by atoms with van der Waals surface area (Å²) < 4.78 is 0.824. The van der Waals surface area contributed by atoms with Crippen LogP contribution in [0.3, 0.4) is 0 Å². The van der Waals surface area contributed by atoms with Crippen LogP contribution in [0.4, 0.5) is 0 Å². The second-order valence-electron chi connectivity index (χ2n) is 5.30. The van der Waals surface area contributed by atoms with Gasteiger partial charge in [-0.1, -0.05) is 72.8 Å². The van der Waals surface area contributed by atoms with Gasteiger partial charge in [-0.15, -0.1) is 0 Å². The molecule has 23 heavy (non-hydrogen) atoms. The quantitative estimate of drug-likeness (QED) is 0.426. The van der Waals surface area contributed by atoms with Crippen molar-refractivity contribution >= 4 is 26.8 Å². The van der Waals surface area contributed by atoms with Crippen molar-refractivity contribution < 1.29 is 0 Å². The third kappa shape index (κ3) is 2.76. The molecular formula is C20H13BrN2. The Balaban J connectivity index is 1.76. The van der Waals surface area contributed by atoms with E-state index >= 15 is 0 Å².